The van der Waals surface area contributed by atoms with Gasteiger partial charge in [-0.3, -0.25) is 10.1 Å². The van der Waals surface area contributed by atoms with Gasteiger partial charge in [0, 0.05) is 15.4 Å². The first-order valence-corrected chi connectivity index (χ1v) is 9.83. The van der Waals surface area contributed by atoms with Gasteiger partial charge in [0.25, 0.3) is 5.69 Å². The number of azo groups is 1. The minimum Gasteiger partial charge on any atom is -0.509 e. The summed E-state index contributed by atoms with van der Waals surface area (Å²) < 4.78 is 5.82. The Labute approximate surface area is 173 Å². The maximum atomic E-state index is 12.1. The van der Waals surface area contributed by atoms with Crippen LogP contribution < -0.4 is 0 Å². The van der Waals surface area contributed by atoms with Crippen molar-refractivity contribution in [3.63, 3.8) is 0 Å². The van der Waals surface area contributed by atoms with Crippen LogP contribution in [0.25, 0.3) is 0 Å². The van der Waals surface area contributed by atoms with Crippen LogP contribution in [0, 0.1) is 10.1 Å². The third-order valence-electron chi connectivity index (χ3n) is 3.27. The lowest BCUT2D eigenvalue weighted by Gasteiger charge is -2.06. The van der Waals surface area contributed by atoms with Gasteiger partial charge in [-0.1, -0.05) is 28.1 Å². The van der Waals surface area contributed by atoms with Crippen LogP contribution in [0.4, 0.5) is 11.4 Å². The van der Waals surface area contributed by atoms with Gasteiger partial charge in [0.1, 0.15) is 5.76 Å². The number of hydrogen-bond acceptors (Lipinski definition) is 8. The molecule has 0 aliphatic rings. The van der Waals surface area contributed by atoms with Gasteiger partial charge >= 0.3 is 5.97 Å². The number of para-hydroxylation sites is 1. The number of ether oxygens (including phenoxy) is 1. The topological polar surface area (TPSA) is 114 Å². The number of aliphatic hydroxyl groups excluding tert-OH is 1. The molecule has 2 aromatic rings. The Kier molecular flexibility index (Phi) is 8.15. The Balaban J connectivity index is 2.27. The summed E-state index contributed by atoms with van der Waals surface area (Å²) in [7, 11) is 0. The van der Waals surface area contributed by atoms with Crippen molar-refractivity contribution >= 4 is 45.0 Å². The fraction of sp³-hybridized carbons (Fsp3) is 0.167. The van der Waals surface area contributed by atoms with Gasteiger partial charge in [0.05, 0.1) is 17.3 Å². The number of thioether (sulfide) groups is 1. The number of nitrogens with zero attached hydrogens (tertiary/aromatic N) is 3. The molecule has 0 radical (unpaired) electrons. The molecule has 2 aromatic carbocycles. The molecule has 10 heteroatoms. The molecular weight excluding hydrogens is 450 g/mol. The minimum absolute atomic E-state index is 0.0392. The normalized spacial score (nSPS) is 11.9. The first-order valence-electron chi connectivity index (χ1n) is 8.05. The molecule has 2 rings (SSSR count). The number of hydrogen-bond donors (Lipinski definition) is 1. The fourth-order valence-electron chi connectivity index (χ4n) is 1.97. The Morgan fingerprint density at radius 2 is 1.93 bits per heavy atom. The Morgan fingerprint density at radius 1 is 1.25 bits per heavy atom. The fourth-order valence-corrected chi connectivity index (χ4v) is 3.01. The average molecular weight is 466 g/mol. The van der Waals surface area contributed by atoms with Crippen molar-refractivity contribution in [3.8, 4) is 0 Å². The van der Waals surface area contributed by atoms with E-state index in [0.717, 1.165) is 9.37 Å². The molecule has 0 fully saturated rings. The Morgan fingerprint density at radius 3 is 2.57 bits per heavy atom. The molecule has 1 N–H and O–H groups in total. The van der Waals surface area contributed by atoms with Gasteiger partial charge in [0.2, 0.25) is 5.70 Å². The van der Waals surface area contributed by atoms with Crippen molar-refractivity contribution in [2.24, 2.45) is 10.2 Å². The number of nitro groups is 1. The summed E-state index contributed by atoms with van der Waals surface area (Å²) in [5.74, 6) is -1.15. The van der Waals surface area contributed by atoms with Crippen molar-refractivity contribution in [2.75, 3.05) is 12.4 Å². The first kappa shape index (κ1) is 21.6. The summed E-state index contributed by atoms with van der Waals surface area (Å²) >= 11 is 4.62. The van der Waals surface area contributed by atoms with Crippen LogP contribution in [0.3, 0.4) is 0 Å². The van der Waals surface area contributed by atoms with Crippen LogP contribution in [0.5, 0.6) is 0 Å². The SMILES string of the molecule is CCOC(=O)/C(N=Nc1ccccc1[N+](=O)[O-])=C(/O)CSc1ccc(Br)cc1. The zero-order valence-electron chi connectivity index (χ0n) is 14.7. The smallest absolute Gasteiger partial charge is 0.362 e. The molecule has 28 heavy (non-hydrogen) atoms. The van der Waals surface area contributed by atoms with Crippen LogP contribution in [0.1, 0.15) is 6.92 Å². The zero-order chi connectivity index (χ0) is 20.5. The van der Waals surface area contributed by atoms with Crippen LogP contribution in [-0.2, 0) is 9.53 Å². The molecule has 0 aliphatic carbocycles. The molecule has 0 amide bonds. The van der Waals surface area contributed by atoms with Crippen LogP contribution >= 0.6 is 27.7 Å². The van der Waals surface area contributed by atoms with E-state index in [0.29, 0.717) is 0 Å². The van der Waals surface area contributed by atoms with E-state index in [9.17, 15) is 20.0 Å². The second kappa shape index (κ2) is 10.6. The zero-order valence-corrected chi connectivity index (χ0v) is 17.1. The highest BCUT2D eigenvalue weighted by molar-refractivity contribution is 9.10. The molecule has 0 bridgehead atoms. The van der Waals surface area contributed by atoms with E-state index in [1.807, 2.05) is 24.3 Å². The lowest BCUT2D eigenvalue weighted by molar-refractivity contribution is -0.384. The lowest BCUT2D eigenvalue weighted by atomic mass is 10.3. The minimum atomic E-state index is -0.862. The number of carbonyl (C=O) groups is 1. The standard InChI is InChI=1S/C18H16BrN3O5S/c1-2-27-18(24)17(16(23)11-28-13-9-7-12(19)8-10-13)21-20-14-5-3-4-6-15(14)22(25)26/h3-10,23H,2,11H2,1H3/b17-16-,21-20?. The molecular formula is C18H16BrN3O5S. The molecule has 8 nitrogen and oxygen atoms in total. The molecule has 0 heterocycles. The van der Waals surface area contributed by atoms with E-state index >= 15 is 0 Å². The van der Waals surface area contributed by atoms with Crippen molar-refractivity contribution in [2.45, 2.75) is 11.8 Å². The lowest BCUT2D eigenvalue weighted by Crippen LogP contribution is -2.09. The van der Waals surface area contributed by atoms with Crippen molar-refractivity contribution < 1.29 is 19.6 Å². The number of rotatable bonds is 8. The van der Waals surface area contributed by atoms with Crippen LogP contribution in [0.15, 0.2) is 79.6 Å². The van der Waals surface area contributed by atoms with Crippen molar-refractivity contribution in [1.29, 1.82) is 0 Å². The van der Waals surface area contributed by atoms with E-state index in [2.05, 4.69) is 26.2 Å². The second-order valence-electron chi connectivity index (χ2n) is 5.20. The van der Waals surface area contributed by atoms with Crippen molar-refractivity contribution in [3.05, 3.63) is 74.6 Å². The monoisotopic (exact) mass is 465 g/mol. The number of carbonyl (C=O) groups excluding carboxylic acids is 1. The van der Waals surface area contributed by atoms with E-state index in [1.54, 1.807) is 13.0 Å². The van der Waals surface area contributed by atoms with Crippen molar-refractivity contribution in [1.82, 2.24) is 0 Å². The van der Waals surface area contributed by atoms with Gasteiger partial charge in [0.15, 0.2) is 5.69 Å². The maximum absolute atomic E-state index is 12.1. The third kappa shape index (κ3) is 6.17. The third-order valence-corrected chi connectivity index (χ3v) is 4.82. The van der Waals surface area contributed by atoms with E-state index in [4.69, 9.17) is 4.74 Å². The predicted octanol–water partition coefficient (Wildman–Crippen LogP) is 5.57. The van der Waals surface area contributed by atoms with Gasteiger partial charge in [-0.05, 0) is 37.3 Å². The molecule has 0 aromatic heterocycles. The Hall–Kier alpha value is -2.72. The second-order valence-corrected chi connectivity index (χ2v) is 7.17. The predicted molar refractivity (Wildman–Crippen MR) is 109 cm³/mol. The molecule has 0 atom stereocenters. The van der Waals surface area contributed by atoms with Crippen LogP contribution in [0.2, 0.25) is 0 Å². The molecule has 0 unspecified atom stereocenters. The Bertz CT molecular complexity index is 916. The quantitative estimate of drug-likeness (QED) is 0.104. The summed E-state index contributed by atoms with van der Waals surface area (Å²) in [5, 5.41) is 28.9. The summed E-state index contributed by atoms with van der Waals surface area (Å²) in [6.45, 7) is 1.69. The first-order chi connectivity index (χ1) is 13.4. The average Bonchev–Trinajstić information content (AvgIpc) is 2.68. The van der Waals surface area contributed by atoms with E-state index in [-0.39, 0.29) is 29.5 Å². The number of benzene rings is 2. The van der Waals surface area contributed by atoms with E-state index in [1.165, 1.54) is 30.0 Å². The highest BCUT2D eigenvalue weighted by Crippen LogP contribution is 2.28. The summed E-state index contributed by atoms with van der Waals surface area (Å²) in [4.78, 5) is 23.5. The van der Waals surface area contributed by atoms with Gasteiger partial charge in [-0.2, -0.15) is 0 Å². The number of aliphatic hydroxyl groups is 1. The molecule has 146 valence electrons. The highest BCUT2D eigenvalue weighted by Gasteiger charge is 2.18. The number of esters is 1. The molecule has 0 aliphatic heterocycles. The maximum Gasteiger partial charge on any atom is 0.362 e. The number of halogens is 1. The molecule has 0 saturated heterocycles. The molecule has 0 saturated carbocycles. The summed E-state index contributed by atoms with van der Waals surface area (Å²) in [6, 6.07) is 13.1. The van der Waals surface area contributed by atoms with E-state index < -0.39 is 16.6 Å². The highest BCUT2D eigenvalue weighted by atomic mass is 79.9. The summed E-state index contributed by atoms with van der Waals surface area (Å²) in [5.41, 5.74) is -0.703. The largest absolute Gasteiger partial charge is 0.509 e. The van der Waals surface area contributed by atoms with Crippen LogP contribution in [-0.4, -0.2) is 28.4 Å². The van der Waals surface area contributed by atoms with Gasteiger partial charge in [-0.15, -0.1) is 22.0 Å². The number of nitro benzene ring substituents is 1. The summed E-state index contributed by atoms with van der Waals surface area (Å²) in [6.07, 6.45) is 0. The molecule has 0 spiro atoms. The van der Waals surface area contributed by atoms with Gasteiger partial charge < -0.3 is 9.84 Å². The van der Waals surface area contributed by atoms with Gasteiger partial charge in [-0.25, -0.2) is 4.79 Å².